The molecule has 0 radical (unpaired) electrons. The molecule has 0 aliphatic carbocycles. The predicted molar refractivity (Wildman–Crippen MR) is 112 cm³/mol. The number of pyridine rings is 1. The third-order valence-corrected chi connectivity index (χ3v) is 6.18. The van der Waals surface area contributed by atoms with Crippen LogP contribution in [-0.2, 0) is 4.79 Å². The zero-order chi connectivity index (χ0) is 18.8. The molecule has 0 fully saturated rings. The van der Waals surface area contributed by atoms with Crippen LogP contribution < -0.4 is 0 Å². The number of aromatic nitrogens is 3. The number of thioether (sulfide) groups is 1. The number of nitrogens with zero attached hydrogens (tertiary/aromatic N) is 3. The van der Waals surface area contributed by atoms with Gasteiger partial charge in [-0.2, -0.15) is 0 Å². The van der Waals surface area contributed by atoms with Crippen molar-refractivity contribution >= 4 is 39.1 Å². The lowest BCUT2D eigenvalue weighted by Gasteiger charge is -2.08. The van der Waals surface area contributed by atoms with Crippen molar-refractivity contribution in [3.05, 3.63) is 59.6 Å². The topological polar surface area (TPSA) is 55.7 Å². The van der Waals surface area contributed by atoms with E-state index in [-0.39, 0.29) is 5.78 Å². The lowest BCUT2D eigenvalue weighted by Crippen LogP contribution is -1.98. The van der Waals surface area contributed by atoms with Gasteiger partial charge >= 0.3 is 0 Å². The Balaban J connectivity index is 1.96. The lowest BCUT2D eigenvalue weighted by atomic mass is 10.0. The number of benzene rings is 1. The number of hydrogen-bond acceptors (Lipinski definition) is 6. The largest absolute Gasteiger partial charge is 0.299 e. The molecule has 0 unspecified atom stereocenters. The average molecular weight is 392 g/mol. The van der Waals surface area contributed by atoms with E-state index >= 15 is 0 Å². The number of ketones is 1. The second kappa shape index (κ2) is 7.58. The Kier molecular flexibility index (Phi) is 5.01. The number of aryl methyl sites for hydroxylation is 1. The molecule has 4 aromatic rings. The molecule has 0 N–H and O–H groups in total. The molecule has 0 saturated carbocycles. The number of carbonyl (C=O) groups is 1. The summed E-state index contributed by atoms with van der Waals surface area (Å²) in [5, 5.41) is 1.86. The highest BCUT2D eigenvalue weighted by Crippen LogP contribution is 2.42. The molecule has 0 spiro atoms. The summed E-state index contributed by atoms with van der Waals surface area (Å²) >= 11 is 3.12. The van der Waals surface area contributed by atoms with Crippen molar-refractivity contribution in [3.8, 4) is 22.6 Å². The zero-order valence-corrected chi connectivity index (χ0v) is 16.6. The van der Waals surface area contributed by atoms with E-state index in [0.29, 0.717) is 11.6 Å². The van der Waals surface area contributed by atoms with E-state index in [2.05, 4.69) is 24.0 Å². The quantitative estimate of drug-likeness (QED) is 0.336. The first-order chi connectivity index (χ1) is 13.1. The SMILES string of the molecule is CC(=O)CSc1nc(-c2ccccn2)nc2sc(C)c(-c3ccccc3)c12. The summed E-state index contributed by atoms with van der Waals surface area (Å²) in [6, 6.07) is 16.0. The van der Waals surface area contributed by atoms with Crippen LogP contribution in [-0.4, -0.2) is 26.5 Å². The second-order valence-electron chi connectivity index (χ2n) is 6.14. The van der Waals surface area contributed by atoms with E-state index in [1.165, 1.54) is 16.6 Å². The van der Waals surface area contributed by atoms with E-state index in [4.69, 9.17) is 9.97 Å². The first-order valence-electron chi connectivity index (χ1n) is 8.53. The molecule has 1 aromatic carbocycles. The van der Waals surface area contributed by atoms with Crippen LogP contribution in [0, 0.1) is 6.92 Å². The van der Waals surface area contributed by atoms with Crippen LogP contribution in [0.1, 0.15) is 11.8 Å². The van der Waals surface area contributed by atoms with Gasteiger partial charge in [0.1, 0.15) is 21.3 Å². The average Bonchev–Trinajstić information content (AvgIpc) is 3.03. The minimum Gasteiger partial charge on any atom is -0.299 e. The van der Waals surface area contributed by atoms with Crippen molar-refractivity contribution in [1.82, 2.24) is 15.0 Å². The molecule has 3 heterocycles. The minimum atomic E-state index is 0.124. The number of fused-ring (bicyclic) bond motifs is 1. The van der Waals surface area contributed by atoms with Crippen molar-refractivity contribution in [3.63, 3.8) is 0 Å². The summed E-state index contributed by atoms with van der Waals surface area (Å²) in [5.41, 5.74) is 3.02. The van der Waals surface area contributed by atoms with Crippen LogP contribution in [0.2, 0.25) is 0 Å². The Morgan fingerprint density at radius 3 is 2.56 bits per heavy atom. The fourth-order valence-electron chi connectivity index (χ4n) is 2.92. The Hall–Kier alpha value is -2.57. The monoisotopic (exact) mass is 391 g/mol. The number of carbonyl (C=O) groups excluding carboxylic acids is 1. The third-order valence-electron chi connectivity index (χ3n) is 4.06. The Labute approximate surface area is 165 Å². The van der Waals surface area contributed by atoms with Crippen LogP contribution in [0.4, 0.5) is 0 Å². The second-order valence-corrected chi connectivity index (χ2v) is 8.30. The number of Topliss-reactive ketones (excluding diaryl/α,β-unsaturated/α-hetero) is 1. The molecule has 6 heteroatoms. The molecule has 0 saturated heterocycles. The van der Waals surface area contributed by atoms with E-state index < -0.39 is 0 Å². The highest BCUT2D eigenvalue weighted by molar-refractivity contribution is 8.00. The lowest BCUT2D eigenvalue weighted by molar-refractivity contribution is -0.114. The molecule has 4 rings (SSSR count). The van der Waals surface area contributed by atoms with Crippen LogP contribution >= 0.6 is 23.1 Å². The molecule has 0 bridgehead atoms. The molecule has 4 nitrogen and oxygen atoms in total. The van der Waals surface area contributed by atoms with Crippen LogP contribution in [0.15, 0.2) is 59.8 Å². The summed E-state index contributed by atoms with van der Waals surface area (Å²) in [6.45, 7) is 3.70. The molecular formula is C21H17N3OS2. The van der Waals surface area contributed by atoms with Gasteiger partial charge < -0.3 is 0 Å². The maximum absolute atomic E-state index is 11.6. The van der Waals surface area contributed by atoms with Crippen LogP contribution in [0.25, 0.3) is 32.9 Å². The highest BCUT2D eigenvalue weighted by Gasteiger charge is 2.19. The molecule has 0 aliphatic heterocycles. The van der Waals surface area contributed by atoms with Crippen molar-refractivity contribution < 1.29 is 4.79 Å². The Bertz CT molecular complexity index is 1110. The number of thiophene rings is 1. The molecule has 0 aliphatic rings. The Morgan fingerprint density at radius 2 is 1.85 bits per heavy atom. The van der Waals surface area contributed by atoms with Gasteiger partial charge in [-0.15, -0.1) is 11.3 Å². The molecule has 27 heavy (non-hydrogen) atoms. The van der Waals surface area contributed by atoms with Gasteiger partial charge in [-0.3, -0.25) is 9.78 Å². The van der Waals surface area contributed by atoms with Gasteiger partial charge in [0, 0.05) is 16.6 Å². The van der Waals surface area contributed by atoms with Gasteiger partial charge in [-0.25, -0.2) is 9.97 Å². The van der Waals surface area contributed by atoms with Crippen LogP contribution in [0.5, 0.6) is 0 Å². The smallest absolute Gasteiger partial charge is 0.180 e. The molecule has 3 aromatic heterocycles. The van der Waals surface area contributed by atoms with Gasteiger partial charge in [0.2, 0.25) is 0 Å². The maximum atomic E-state index is 11.6. The van der Waals surface area contributed by atoms with Crippen LogP contribution in [0.3, 0.4) is 0 Å². The predicted octanol–water partition coefficient (Wildman–Crippen LogP) is 5.41. The zero-order valence-electron chi connectivity index (χ0n) is 15.0. The number of rotatable bonds is 5. The molecular weight excluding hydrogens is 374 g/mol. The van der Waals surface area contributed by atoms with Crippen molar-refractivity contribution in [2.45, 2.75) is 18.9 Å². The van der Waals surface area contributed by atoms with E-state index in [1.54, 1.807) is 24.5 Å². The van der Waals surface area contributed by atoms with Crippen molar-refractivity contribution in [2.75, 3.05) is 5.75 Å². The number of hydrogen-bond donors (Lipinski definition) is 0. The van der Waals surface area contributed by atoms with Gasteiger partial charge in [0.25, 0.3) is 0 Å². The van der Waals surface area contributed by atoms with E-state index in [0.717, 1.165) is 32.1 Å². The summed E-state index contributed by atoms with van der Waals surface area (Å²) < 4.78 is 0. The molecule has 0 atom stereocenters. The first kappa shape index (κ1) is 17.8. The summed E-state index contributed by atoms with van der Waals surface area (Å²) in [6.07, 6.45) is 1.74. The fraction of sp³-hybridized carbons (Fsp3) is 0.143. The van der Waals surface area contributed by atoms with E-state index in [1.807, 2.05) is 36.4 Å². The molecule has 0 amide bonds. The third kappa shape index (κ3) is 3.63. The van der Waals surface area contributed by atoms with Crippen molar-refractivity contribution in [2.24, 2.45) is 0 Å². The van der Waals surface area contributed by atoms with E-state index in [9.17, 15) is 4.79 Å². The maximum Gasteiger partial charge on any atom is 0.180 e. The summed E-state index contributed by atoms with van der Waals surface area (Å²) in [5.74, 6) is 1.10. The van der Waals surface area contributed by atoms with Gasteiger partial charge in [-0.1, -0.05) is 48.2 Å². The minimum absolute atomic E-state index is 0.124. The van der Waals surface area contributed by atoms with Gasteiger partial charge in [0.15, 0.2) is 5.82 Å². The highest BCUT2D eigenvalue weighted by atomic mass is 32.2. The normalized spacial score (nSPS) is 11.0. The first-order valence-corrected chi connectivity index (χ1v) is 10.3. The standard InChI is InChI=1S/C21H17N3OS2/c1-13(25)12-26-20-18-17(15-8-4-3-5-9-15)14(2)27-21(18)24-19(23-20)16-10-6-7-11-22-16/h3-11H,12H2,1-2H3. The van der Waals surface area contributed by atoms with Gasteiger partial charge in [-0.05, 0) is 31.5 Å². The fourth-order valence-corrected chi connectivity index (χ4v) is 4.86. The summed E-state index contributed by atoms with van der Waals surface area (Å²) in [4.78, 5) is 27.7. The van der Waals surface area contributed by atoms with Gasteiger partial charge in [0.05, 0.1) is 11.1 Å². The van der Waals surface area contributed by atoms with Crippen molar-refractivity contribution in [1.29, 1.82) is 0 Å². The Morgan fingerprint density at radius 1 is 1.07 bits per heavy atom. The molecule has 134 valence electrons. The summed E-state index contributed by atoms with van der Waals surface area (Å²) in [7, 11) is 0.